The Kier molecular flexibility index (Phi) is 3.97. The molecule has 0 N–H and O–H groups in total. The SMILES string of the molecule is CC(C)Oc1c(F)cc(Br)cc1I. The molecule has 4 heteroatoms. The van der Waals surface area contributed by atoms with Crippen LogP contribution < -0.4 is 4.74 Å². The lowest BCUT2D eigenvalue weighted by Gasteiger charge is -2.12. The van der Waals surface area contributed by atoms with Gasteiger partial charge in [0.25, 0.3) is 0 Å². The van der Waals surface area contributed by atoms with Crippen LogP contribution in [0.1, 0.15) is 13.8 Å². The minimum Gasteiger partial charge on any atom is -0.487 e. The number of rotatable bonds is 2. The number of halogens is 3. The molecule has 0 atom stereocenters. The number of hydrogen-bond donors (Lipinski definition) is 0. The molecule has 0 bridgehead atoms. The van der Waals surface area contributed by atoms with Crippen molar-refractivity contribution in [3.05, 3.63) is 26.0 Å². The molecule has 1 nitrogen and oxygen atoms in total. The Balaban J connectivity index is 3.06. The van der Waals surface area contributed by atoms with E-state index in [9.17, 15) is 4.39 Å². The zero-order chi connectivity index (χ0) is 10.0. The molecule has 0 aromatic heterocycles. The maximum absolute atomic E-state index is 13.3. The third-order valence-corrected chi connectivity index (χ3v) is 2.58. The standard InChI is InChI=1S/C9H9BrFIO/c1-5(2)13-9-7(11)3-6(10)4-8(9)12/h3-5H,1-2H3. The summed E-state index contributed by atoms with van der Waals surface area (Å²) in [5, 5.41) is 0. The molecule has 0 aliphatic heterocycles. The van der Waals surface area contributed by atoms with E-state index in [0.29, 0.717) is 5.75 Å². The van der Waals surface area contributed by atoms with Gasteiger partial charge in [-0.15, -0.1) is 0 Å². The van der Waals surface area contributed by atoms with Crippen molar-refractivity contribution < 1.29 is 9.13 Å². The third-order valence-electron chi connectivity index (χ3n) is 1.32. The van der Waals surface area contributed by atoms with E-state index in [1.807, 2.05) is 42.5 Å². The molecular weight excluding hydrogens is 350 g/mol. The summed E-state index contributed by atoms with van der Waals surface area (Å²) >= 11 is 5.26. The Morgan fingerprint density at radius 3 is 2.54 bits per heavy atom. The minimum absolute atomic E-state index is 0.0100. The Labute approximate surface area is 98.9 Å². The summed E-state index contributed by atoms with van der Waals surface area (Å²) in [6, 6.07) is 3.22. The third kappa shape index (κ3) is 3.09. The predicted molar refractivity (Wildman–Crippen MR) is 62.6 cm³/mol. The van der Waals surface area contributed by atoms with Gasteiger partial charge in [0, 0.05) is 4.47 Å². The highest BCUT2D eigenvalue weighted by molar-refractivity contribution is 14.1. The van der Waals surface area contributed by atoms with Gasteiger partial charge in [-0.25, -0.2) is 4.39 Å². The quantitative estimate of drug-likeness (QED) is 0.726. The van der Waals surface area contributed by atoms with Gasteiger partial charge in [0.2, 0.25) is 0 Å². The molecule has 72 valence electrons. The second-order valence-corrected chi connectivity index (χ2v) is 4.94. The molecular formula is C9H9BrFIO. The first kappa shape index (κ1) is 11.2. The fraction of sp³-hybridized carbons (Fsp3) is 0.333. The van der Waals surface area contributed by atoms with E-state index in [-0.39, 0.29) is 11.9 Å². The summed E-state index contributed by atoms with van der Waals surface area (Å²) in [5.41, 5.74) is 0. The predicted octanol–water partition coefficient (Wildman–Crippen LogP) is 3.98. The van der Waals surface area contributed by atoms with Crippen molar-refractivity contribution in [2.75, 3.05) is 0 Å². The highest BCUT2D eigenvalue weighted by Crippen LogP contribution is 2.29. The van der Waals surface area contributed by atoms with E-state index in [2.05, 4.69) is 15.9 Å². The van der Waals surface area contributed by atoms with E-state index in [0.717, 1.165) is 8.04 Å². The number of ether oxygens (including phenoxy) is 1. The van der Waals surface area contributed by atoms with E-state index in [4.69, 9.17) is 4.74 Å². The molecule has 0 saturated heterocycles. The van der Waals surface area contributed by atoms with Crippen LogP contribution in [0, 0.1) is 9.39 Å². The van der Waals surface area contributed by atoms with Crippen LogP contribution >= 0.6 is 38.5 Å². The second kappa shape index (κ2) is 4.59. The Hall–Kier alpha value is 0.160. The average Bonchev–Trinajstić information content (AvgIpc) is 1.96. The first-order chi connectivity index (χ1) is 6.00. The summed E-state index contributed by atoms with van der Waals surface area (Å²) in [5.74, 6) is 0.00581. The van der Waals surface area contributed by atoms with Crippen LogP contribution in [-0.4, -0.2) is 6.10 Å². The first-order valence-electron chi connectivity index (χ1n) is 3.82. The van der Waals surface area contributed by atoms with Crippen molar-refractivity contribution in [2.45, 2.75) is 20.0 Å². The molecule has 0 heterocycles. The highest BCUT2D eigenvalue weighted by atomic mass is 127. The van der Waals surface area contributed by atoms with Crippen molar-refractivity contribution in [3.63, 3.8) is 0 Å². The molecule has 0 aliphatic rings. The molecule has 1 aromatic rings. The lowest BCUT2D eigenvalue weighted by molar-refractivity contribution is 0.229. The van der Waals surface area contributed by atoms with Crippen LogP contribution in [0.15, 0.2) is 16.6 Å². The molecule has 0 spiro atoms. The fourth-order valence-electron chi connectivity index (χ4n) is 0.877. The van der Waals surface area contributed by atoms with E-state index in [1.165, 1.54) is 6.07 Å². The van der Waals surface area contributed by atoms with Crippen molar-refractivity contribution >= 4 is 38.5 Å². The Morgan fingerprint density at radius 2 is 2.08 bits per heavy atom. The van der Waals surface area contributed by atoms with E-state index >= 15 is 0 Å². The second-order valence-electron chi connectivity index (χ2n) is 2.87. The summed E-state index contributed by atoms with van der Waals surface area (Å²) in [6.07, 6.45) is -0.0100. The van der Waals surface area contributed by atoms with E-state index < -0.39 is 0 Å². The van der Waals surface area contributed by atoms with Crippen molar-refractivity contribution in [1.29, 1.82) is 0 Å². The Bertz CT molecular complexity index is 291. The Morgan fingerprint density at radius 1 is 1.46 bits per heavy atom. The molecule has 0 unspecified atom stereocenters. The minimum atomic E-state index is -0.326. The first-order valence-corrected chi connectivity index (χ1v) is 5.69. The average molecular weight is 359 g/mol. The smallest absolute Gasteiger partial charge is 0.168 e. The largest absolute Gasteiger partial charge is 0.487 e. The fourth-order valence-corrected chi connectivity index (χ4v) is 2.46. The summed E-state index contributed by atoms with van der Waals surface area (Å²) in [6.45, 7) is 3.75. The molecule has 1 aromatic carbocycles. The van der Waals surface area contributed by atoms with Crippen molar-refractivity contribution in [2.24, 2.45) is 0 Å². The lowest BCUT2D eigenvalue weighted by Crippen LogP contribution is -2.08. The van der Waals surface area contributed by atoms with Gasteiger partial charge in [0.1, 0.15) is 0 Å². The maximum atomic E-state index is 13.3. The van der Waals surface area contributed by atoms with Crippen LogP contribution in [-0.2, 0) is 0 Å². The molecule has 0 radical (unpaired) electrons. The molecule has 0 amide bonds. The molecule has 13 heavy (non-hydrogen) atoms. The topological polar surface area (TPSA) is 9.23 Å². The van der Waals surface area contributed by atoms with Crippen LogP contribution in [0.4, 0.5) is 4.39 Å². The van der Waals surface area contributed by atoms with Gasteiger partial charge in [-0.05, 0) is 48.6 Å². The van der Waals surface area contributed by atoms with Crippen LogP contribution in [0.3, 0.4) is 0 Å². The normalized spacial score (nSPS) is 10.6. The highest BCUT2D eigenvalue weighted by Gasteiger charge is 2.10. The van der Waals surface area contributed by atoms with Crippen molar-refractivity contribution in [3.8, 4) is 5.75 Å². The number of hydrogen-bond acceptors (Lipinski definition) is 1. The van der Waals surface area contributed by atoms with Gasteiger partial charge in [-0.3, -0.25) is 0 Å². The lowest BCUT2D eigenvalue weighted by atomic mass is 10.3. The zero-order valence-electron chi connectivity index (χ0n) is 7.27. The molecule has 0 fully saturated rings. The van der Waals surface area contributed by atoms with Crippen LogP contribution in [0.2, 0.25) is 0 Å². The van der Waals surface area contributed by atoms with Gasteiger partial charge >= 0.3 is 0 Å². The summed E-state index contributed by atoms with van der Waals surface area (Å²) in [7, 11) is 0. The molecule has 1 rings (SSSR count). The maximum Gasteiger partial charge on any atom is 0.168 e. The van der Waals surface area contributed by atoms with Gasteiger partial charge in [-0.2, -0.15) is 0 Å². The van der Waals surface area contributed by atoms with Crippen LogP contribution in [0.25, 0.3) is 0 Å². The summed E-state index contributed by atoms with van der Waals surface area (Å²) < 4.78 is 20.1. The van der Waals surface area contributed by atoms with Crippen molar-refractivity contribution in [1.82, 2.24) is 0 Å². The van der Waals surface area contributed by atoms with Gasteiger partial charge < -0.3 is 4.74 Å². The summed E-state index contributed by atoms with van der Waals surface area (Å²) in [4.78, 5) is 0. The molecule has 0 saturated carbocycles. The van der Waals surface area contributed by atoms with Crippen LogP contribution in [0.5, 0.6) is 5.75 Å². The van der Waals surface area contributed by atoms with Gasteiger partial charge in [0.15, 0.2) is 11.6 Å². The molecule has 0 aliphatic carbocycles. The zero-order valence-corrected chi connectivity index (χ0v) is 11.0. The number of benzene rings is 1. The monoisotopic (exact) mass is 358 g/mol. The van der Waals surface area contributed by atoms with E-state index in [1.54, 1.807) is 0 Å². The van der Waals surface area contributed by atoms with Gasteiger partial charge in [0.05, 0.1) is 9.67 Å². The van der Waals surface area contributed by atoms with Gasteiger partial charge in [-0.1, -0.05) is 15.9 Å².